The summed E-state index contributed by atoms with van der Waals surface area (Å²) in [6.07, 6.45) is 0. The first kappa shape index (κ1) is 23.0. The van der Waals surface area contributed by atoms with Crippen LogP contribution in [0.3, 0.4) is 0 Å². The van der Waals surface area contributed by atoms with Crippen molar-refractivity contribution in [3.8, 4) is 5.75 Å². The van der Waals surface area contributed by atoms with Crippen LogP contribution in [0.2, 0.25) is 0 Å². The van der Waals surface area contributed by atoms with Crippen LogP contribution < -0.4 is 15.8 Å². The molecule has 0 amide bonds. The van der Waals surface area contributed by atoms with Gasteiger partial charge in [0.2, 0.25) is 0 Å². The van der Waals surface area contributed by atoms with E-state index in [0.717, 1.165) is 37.5 Å². The first-order valence-corrected chi connectivity index (χ1v) is 8.53. The molecule has 0 radical (unpaired) electrons. The second-order valence-corrected chi connectivity index (χ2v) is 6.00. The van der Waals surface area contributed by atoms with Crippen LogP contribution in [0.4, 0.5) is 0 Å². The quantitative estimate of drug-likeness (QED) is 0.328. The summed E-state index contributed by atoms with van der Waals surface area (Å²) in [4.78, 5) is 6.68. The van der Waals surface area contributed by atoms with E-state index in [2.05, 4.69) is 42.9 Å². The Morgan fingerprint density at radius 2 is 1.83 bits per heavy atom. The number of nitrogens with one attached hydrogen (secondary N) is 1. The topological polar surface area (TPSA) is 62.9 Å². The smallest absolute Gasteiger partial charge is 0.188 e. The predicted molar refractivity (Wildman–Crippen MR) is 113 cm³/mol. The third kappa shape index (κ3) is 9.97. The van der Waals surface area contributed by atoms with Crippen LogP contribution in [0, 0.1) is 5.92 Å². The van der Waals surface area contributed by atoms with Crippen LogP contribution in [0.15, 0.2) is 29.3 Å². The maximum Gasteiger partial charge on any atom is 0.188 e. The summed E-state index contributed by atoms with van der Waals surface area (Å²) in [6.45, 7) is 13.8. The molecule has 0 saturated heterocycles. The Hall–Kier alpha value is -1.02. The van der Waals surface area contributed by atoms with Crippen LogP contribution in [-0.2, 0) is 6.54 Å². The number of hydrogen-bond donors (Lipinski definition) is 2. The van der Waals surface area contributed by atoms with Crippen LogP contribution >= 0.6 is 24.0 Å². The monoisotopic (exact) mass is 448 g/mol. The number of likely N-dealkylation sites (N-methyl/N-ethyl adjacent to an activating group) is 1. The minimum Gasteiger partial charge on any atom is -0.492 e. The summed E-state index contributed by atoms with van der Waals surface area (Å²) >= 11 is 0. The van der Waals surface area contributed by atoms with E-state index < -0.39 is 0 Å². The molecule has 138 valence electrons. The lowest BCUT2D eigenvalue weighted by Gasteiger charge is -2.18. The number of rotatable bonds is 10. The van der Waals surface area contributed by atoms with Gasteiger partial charge in [-0.05, 0) is 36.7 Å². The van der Waals surface area contributed by atoms with Crippen molar-refractivity contribution in [2.45, 2.75) is 34.2 Å². The highest BCUT2D eigenvalue weighted by atomic mass is 127. The fraction of sp³-hybridized carbons (Fsp3) is 0.611. The Morgan fingerprint density at radius 1 is 1.21 bits per heavy atom. The summed E-state index contributed by atoms with van der Waals surface area (Å²) in [5, 5.41) is 3.11. The molecule has 1 aromatic carbocycles. The molecule has 0 saturated carbocycles. The van der Waals surface area contributed by atoms with Gasteiger partial charge in [0.1, 0.15) is 12.4 Å². The molecule has 0 atom stereocenters. The molecule has 3 N–H and O–H groups in total. The molecule has 0 unspecified atom stereocenters. The van der Waals surface area contributed by atoms with Crippen LogP contribution in [0.25, 0.3) is 0 Å². The van der Waals surface area contributed by atoms with Gasteiger partial charge in [-0.1, -0.05) is 39.8 Å². The first-order valence-electron chi connectivity index (χ1n) is 8.53. The molecular weight excluding hydrogens is 415 g/mol. The molecule has 5 nitrogen and oxygen atoms in total. The Kier molecular flexibility index (Phi) is 12.7. The van der Waals surface area contributed by atoms with Gasteiger partial charge in [0, 0.05) is 13.1 Å². The second kappa shape index (κ2) is 13.3. The number of nitrogens with two attached hydrogens (primary N) is 1. The molecular formula is C18H33IN4O. The standard InChI is InChI=1S/C18H32N4O.HI/c1-5-22(6-2)11-12-23-17-9-7-16(8-10-17)14-21-18(19)20-13-15(3)4;/h7-10,15H,5-6,11-14H2,1-4H3,(H3,19,20,21);1H. The lowest BCUT2D eigenvalue weighted by atomic mass is 10.2. The zero-order valence-electron chi connectivity index (χ0n) is 15.4. The minimum atomic E-state index is 0. The van der Waals surface area contributed by atoms with Crippen molar-refractivity contribution in [1.82, 2.24) is 10.2 Å². The number of benzene rings is 1. The Labute approximate surface area is 164 Å². The van der Waals surface area contributed by atoms with Gasteiger partial charge < -0.3 is 20.7 Å². The largest absolute Gasteiger partial charge is 0.492 e. The van der Waals surface area contributed by atoms with Gasteiger partial charge in [-0.3, -0.25) is 0 Å². The van der Waals surface area contributed by atoms with E-state index >= 15 is 0 Å². The van der Waals surface area contributed by atoms with Gasteiger partial charge in [0.05, 0.1) is 6.54 Å². The van der Waals surface area contributed by atoms with Crippen molar-refractivity contribution in [2.75, 3.05) is 32.8 Å². The molecule has 1 aromatic rings. The summed E-state index contributed by atoms with van der Waals surface area (Å²) in [6, 6.07) is 8.05. The zero-order chi connectivity index (χ0) is 17.1. The van der Waals surface area contributed by atoms with E-state index in [9.17, 15) is 0 Å². The van der Waals surface area contributed by atoms with Gasteiger partial charge >= 0.3 is 0 Å². The number of hydrogen-bond acceptors (Lipinski definition) is 3. The van der Waals surface area contributed by atoms with Gasteiger partial charge in [0.25, 0.3) is 0 Å². The second-order valence-electron chi connectivity index (χ2n) is 6.00. The normalized spacial score (nSPS) is 11.5. The maximum absolute atomic E-state index is 5.83. The molecule has 0 bridgehead atoms. The van der Waals surface area contributed by atoms with E-state index in [1.54, 1.807) is 0 Å². The molecule has 0 spiro atoms. The molecule has 0 aliphatic heterocycles. The van der Waals surface area contributed by atoms with E-state index in [1.807, 2.05) is 24.3 Å². The van der Waals surface area contributed by atoms with E-state index in [0.29, 0.717) is 25.0 Å². The summed E-state index contributed by atoms with van der Waals surface area (Å²) in [5.74, 6) is 1.95. The van der Waals surface area contributed by atoms with E-state index in [4.69, 9.17) is 10.5 Å². The van der Waals surface area contributed by atoms with Crippen molar-refractivity contribution >= 4 is 29.9 Å². The van der Waals surface area contributed by atoms with Crippen molar-refractivity contribution in [2.24, 2.45) is 16.6 Å². The average molecular weight is 448 g/mol. The lowest BCUT2D eigenvalue weighted by molar-refractivity contribution is 0.223. The van der Waals surface area contributed by atoms with E-state index in [1.165, 1.54) is 0 Å². The molecule has 1 rings (SSSR count). The number of halogens is 1. The van der Waals surface area contributed by atoms with Crippen molar-refractivity contribution in [3.63, 3.8) is 0 Å². The van der Waals surface area contributed by atoms with Crippen molar-refractivity contribution < 1.29 is 4.74 Å². The molecule has 6 heteroatoms. The van der Waals surface area contributed by atoms with Crippen LogP contribution in [0.1, 0.15) is 33.3 Å². The SMILES string of the molecule is CCN(CC)CCOc1ccc(CN=C(N)NCC(C)C)cc1.I. The summed E-state index contributed by atoms with van der Waals surface area (Å²) in [7, 11) is 0. The van der Waals surface area contributed by atoms with Crippen molar-refractivity contribution in [1.29, 1.82) is 0 Å². The highest BCUT2D eigenvalue weighted by Crippen LogP contribution is 2.12. The number of guanidine groups is 1. The third-order valence-electron chi connectivity index (χ3n) is 3.62. The first-order chi connectivity index (χ1) is 11.0. The Balaban J connectivity index is 0.00000529. The van der Waals surface area contributed by atoms with E-state index in [-0.39, 0.29) is 24.0 Å². The highest BCUT2D eigenvalue weighted by molar-refractivity contribution is 14.0. The van der Waals surface area contributed by atoms with Gasteiger partial charge in [-0.25, -0.2) is 4.99 Å². The Morgan fingerprint density at radius 3 is 2.38 bits per heavy atom. The molecule has 0 aliphatic rings. The fourth-order valence-electron chi connectivity index (χ4n) is 2.06. The molecule has 24 heavy (non-hydrogen) atoms. The average Bonchev–Trinajstić information content (AvgIpc) is 2.56. The van der Waals surface area contributed by atoms with Crippen LogP contribution in [0.5, 0.6) is 5.75 Å². The summed E-state index contributed by atoms with van der Waals surface area (Å²) < 4.78 is 5.77. The van der Waals surface area contributed by atoms with Gasteiger partial charge in [-0.2, -0.15) is 0 Å². The molecule has 0 heterocycles. The maximum atomic E-state index is 5.83. The number of ether oxygens (including phenoxy) is 1. The predicted octanol–water partition coefficient (Wildman–Crippen LogP) is 3.09. The highest BCUT2D eigenvalue weighted by Gasteiger charge is 2.00. The molecule has 0 aliphatic carbocycles. The minimum absolute atomic E-state index is 0. The fourth-order valence-corrected chi connectivity index (χ4v) is 2.06. The molecule has 0 fully saturated rings. The summed E-state index contributed by atoms with van der Waals surface area (Å²) in [5.41, 5.74) is 6.95. The number of aliphatic imine (C=N–C) groups is 1. The number of nitrogens with zero attached hydrogens (tertiary/aromatic N) is 2. The Bertz CT molecular complexity index is 459. The van der Waals surface area contributed by atoms with Gasteiger partial charge in [-0.15, -0.1) is 24.0 Å². The van der Waals surface area contributed by atoms with Crippen LogP contribution in [-0.4, -0.2) is 43.6 Å². The zero-order valence-corrected chi connectivity index (χ0v) is 17.7. The lowest BCUT2D eigenvalue weighted by Crippen LogP contribution is -2.34. The van der Waals surface area contributed by atoms with Crippen molar-refractivity contribution in [3.05, 3.63) is 29.8 Å². The molecule has 0 aromatic heterocycles. The third-order valence-corrected chi connectivity index (χ3v) is 3.62. The van der Waals surface area contributed by atoms with Gasteiger partial charge in [0.15, 0.2) is 5.96 Å².